The first-order chi connectivity index (χ1) is 9.56. The van der Waals surface area contributed by atoms with Gasteiger partial charge in [-0.1, -0.05) is 44.5 Å². The average Bonchev–Trinajstić information content (AvgIpc) is 2.42. The minimum Gasteiger partial charge on any atom is -0.399 e. The van der Waals surface area contributed by atoms with E-state index in [0.29, 0.717) is 11.8 Å². The highest BCUT2D eigenvalue weighted by Gasteiger charge is 2.14. The fraction of sp³-hybridized carbons (Fsp3) is 0.333. The van der Waals surface area contributed by atoms with E-state index >= 15 is 0 Å². The lowest BCUT2D eigenvalue weighted by Gasteiger charge is -2.19. The van der Waals surface area contributed by atoms with Crippen LogP contribution in [-0.2, 0) is 0 Å². The van der Waals surface area contributed by atoms with Crippen molar-refractivity contribution in [3.05, 3.63) is 59.7 Å². The highest BCUT2D eigenvalue weighted by molar-refractivity contribution is 5.45. The van der Waals surface area contributed by atoms with Gasteiger partial charge in [0.2, 0.25) is 0 Å². The predicted octanol–water partition coefficient (Wildman–Crippen LogP) is 4.42. The molecule has 0 aliphatic rings. The zero-order valence-electron chi connectivity index (χ0n) is 12.3. The molecule has 0 heterocycles. The fourth-order valence-corrected chi connectivity index (χ4v) is 2.48. The molecule has 0 saturated heterocycles. The average molecular weight is 268 g/mol. The summed E-state index contributed by atoms with van der Waals surface area (Å²) in [5, 5.41) is 0. The predicted molar refractivity (Wildman–Crippen MR) is 87.6 cm³/mol. The molecule has 0 aromatic heterocycles. The molecule has 106 valence electrons. The highest BCUT2D eigenvalue weighted by atomic mass is 14.5. The molecule has 2 nitrogen and oxygen atoms in total. The zero-order valence-corrected chi connectivity index (χ0v) is 12.3. The van der Waals surface area contributed by atoms with Gasteiger partial charge in [-0.25, -0.2) is 0 Å². The van der Waals surface area contributed by atoms with Crippen LogP contribution in [-0.4, -0.2) is 0 Å². The SMILES string of the molecule is CC(C)CCC(c1ccc(N)cc1)c1ccc(N)cc1. The molecule has 2 heteroatoms. The van der Waals surface area contributed by atoms with Crippen molar-refractivity contribution in [1.29, 1.82) is 0 Å². The molecular formula is C18H24N2. The maximum absolute atomic E-state index is 5.79. The lowest BCUT2D eigenvalue weighted by molar-refractivity contribution is 0.529. The Morgan fingerprint density at radius 1 is 0.700 bits per heavy atom. The van der Waals surface area contributed by atoms with Gasteiger partial charge in [-0.2, -0.15) is 0 Å². The van der Waals surface area contributed by atoms with E-state index in [-0.39, 0.29) is 0 Å². The van der Waals surface area contributed by atoms with Crippen molar-refractivity contribution in [1.82, 2.24) is 0 Å². The van der Waals surface area contributed by atoms with E-state index < -0.39 is 0 Å². The van der Waals surface area contributed by atoms with Gasteiger partial charge in [-0.3, -0.25) is 0 Å². The number of anilines is 2. The largest absolute Gasteiger partial charge is 0.399 e. The zero-order chi connectivity index (χ0) is 14.5. The van der Waals surface area contributed by atoms with Crippen molar-refractivity contribution in [2.45, 2.75) is 32.6 Å². The van der Waals surface area contributed by atoms with E-state index in [4.69, 9.17) is 11.5 Å². The molecule has 0 aliphatic heterocycles. The van der Waals surface area contributed by atoms with Gasteiger partial charge in [0.05, 0.1) is 0 Å². The number of rotatable bonds is 5. The number of hydrogen-bond acceptors (Lipinski definition) is 2. The Morgan fingerprint density at radius 3 is 1.45 bits per heavy atom. The van der Waals surface area contributed by atoms with Crippen LogP contribution < -0.4 is 11.5 Å². The Morgan fingerprint density at radius 2 is 1.10 bits per heavy atom. The van der Waals surface area contributed by atoms with E-state index in [1.165, 1.54) is 17.5 Å². The fourth-order valence-electron chi connectivity index (χ4n) is 2.48. The summed E-state index contributed by atoms with van der Waals surface area (Å²) in [6.45, 7) is 4.53. The summed E-state index contributed by atoms with van der Waals surface area (Å²) < 4.78 is 0. The van der Waals surface area contributed by atoms with Crippen LogP contribution in [0, 0.1) is 5.92 Å². The summed E-state index contributed by atoms with van der Waals surface area (Å²) in [6, 6.07) is 16.5. The van der Waals surface area contributed by atoms with E-state index in [2.05, 4.69) is 38.1 Å². The van der Waals surface area contributed by atoms with Crippen molar-refractivity contribution in [3.63, 3.8) is 0 Å². The Bertz CT molecular complexity index is 481. The van der Waals surface area contributed by atoms with Gasteiger partial charge in [0.15, 0.2) is 0 Å². The molecule has 4 N–H and O–H groups in total. The minimum atomic E-state index is 0.415. The molecule has 2 rings (SSSR count). The van der Waals surface area contributed by atoms with Gasteiger partial charge in [-0.05, 0) is 47.7 Å². The van der Waals surface area contributed by atoms with Gasteiger partial charge in [0.1, 0.15) is 0 Å². The van der Waals surface area contributed by atoms with Crippen molar-refractivity contribution in [2.24, 2.45) is 5.92 Å². The monoisotopic (exact) mass is 268 g/mol. The first-order valence-electron chi connectivity index (χ1n) is 7.27. The van der Waals surface area contributed by atoms with E-state index in [1.807, 2.05) is 24.3 Å². The molecule has 0 spiro atoms. The van der Waals surface area contributed by atoms with Crippen LogP contribution in [0.4, 0.5) is 11.4 Å². The summed E-state index contributed by atoms with van der Waals surface area (Å²) in [5.74, 6) is 1.12. The topological polar surface area (TPSA) is 52.0 Å². The van der Waals surface area contributed by atoms with Crippen molar-refractivity contribution in [3.8, 4) is 0 Å². The summed E-state index contributed by atoms with van der Waals surface area (Å²) >= 11 is 0. The summed E-state index contributed by atoms with van der Waals surface area (Å²) in [4.78, 5) is 0. The Hall–Kier alpha value is -1.96. The lowest BCUT2D eigenvalue weighted by Crippen LogP contribution is -2.04. The van der Waals surface area contributed by atoms with Crippen molar-refractivity contribution in [2.75, 3.05) is 11.5 Å². The maximum atomic E-state index is 5.79. The summed E-state index contributed by atoms with van der Waals surface area (Å²) in [7, 11) is 0. The minimum absolute atomic E-state index is 0.415. The Balaban J connectivity index is 2.28. The number of nitrogens with two attached hydrogens (primary N) is 2. The van der Waals surface area contributed by atoms with Crippen LogP contribution in [0.1, 0.15) is 43.7 Å². The molecular weight excluding hydrogens is 244 g/mol. The Kier molecular flexibility index (Phi) is 4.67. The molecule has 0 aliphatic carbocycles. The molecule has 0 unspecified atom stereocenters. The third kappa shape index (κ3) is 3.77. The van der Waals surface area contributed by atoms with Gasteiger partial charge in [0, 0.05) is 17.3 Å². The van der Waals surface area contributed by atoms with Crippen LogP contribution in [0.5, 0.6) is 0 Å². The lowest BCUT2D eigenvalue weighted by atomic mass is 9.85. The maximum Gasteiger partial charge on any atom is 0.0314 e. The van der Waals surface area contributed by atoms with Gasteiger partial charge in [0.25, 0.3) is 0 Å². The molecule has 0 bridgehead atoms. The summed E-state index contributed by atoms with van der Waals surface area (Å²) in [5.41, 5.74) is 15.9. The van der Waals surface area contributed by atoms with Gasteiger partial charge < -0.3 is 11.5 Å². The van der Waals surface area contributed by atoms with Crippen molar-refractivity contribution < 1.29 is 0 Å². The van der Waals surface area contributed by atoms with Crippen LogP contribution in [0.2, 0.25) is 0 Å². The first-order valence-corrected chi connectivity index (χ1v) is 7.27. The molecule has 2 aromatic rings. The molecule has 0 radical (unpaired) electrons. The normalized spacial score (nSPS) is 11.2. The highest BCUT2D eigenvalue weighted by Crippen LogP contribution is 2.31. The van der Waals surface area contributed by atoms with Crippen LogP contribution in [0.25, 0.3) is 0 Å². The smallest absolute Gasteiger partial charge is 0.0314 e. The molecule has 0 atom stereocenters. The molecule has 20 heavy (non-hydrogen) atoms. The number of nitrogen functional groups attached to an aromatic ring is 2. The number of benzene rings is 2. The van der Waals surface area contributed by atoms with Gasteiger partial charge >= 0.3 is 0 Å². The Labute approximate surface area is 121 Å². The summed E-state index contributed by atoms with van der Waals surface area (Å²) in [6.07, 6.45) is 2.35. The second-order valence-electron chi connectivity index (χ2n) is 5.86. The standard InChI is InChI=1S/C18H24N2/c1-13(2)3-12-18(14-4-8-16(19)9-5-14)15-6-10-17(20)11-7-15/h4-11,13,18H,3,12,19-20H2,1-2H3. The second-order valence-corrected chi connectivity index (χ2v) is 5.86. The number of hydrogen-bond donors (Lipinski definition) is 2. The molecule has 0 amide bonds. The van der Waals surface area contributed by atoms with Crippen LogP contribution in [0.15, 0.2) is 48.5 Å². The molecule has 2 aromatic carbocycles. The quantitative estimate of drug-likeness (QED) is 0.789. The van der Waals surface area contributed by atoms with Crippen LogP contribution in [0.3, 0.4) is 0 Å². The third-order valence-corrected chi connectivity index (χ3v) is 3.71. The first kappa shape index (κ1) is 14.4. The van der Waals surface area contributed by atoms with Crippen LogP contribution >= 0.6 is 0 Å². The third-order valence-electron chi connectivity index (χ3n) is 3.71. The van der Waals surface area contributed by atoms with E-state index in [1.54, 1.807) is 0 Å². The van der Waals surface area contributed by atoms with Crippen molar-refractivity contribution >= 4 is 11.4 Å². The van der Waals surface area contributed by atoms with E-state index in [9.17, 15) is 0 Å². The second kappa shape index (κ2) is 6.47. The van der Waals surface area contributed by atoms with Gasteiger partial charge in [-0.15, -0.1) is 0 Å². The van der Waals surface area contributed by atoms with E-state index in [0.717, 1.165) is 17.8 Å². The molecule has 0 fully saturated rings. The molecule has 0 saturated carbocycles.